The molecule has 0 radical (unpaired) electrons. The zero-order chi connectivity index (χ0) is 24.5. The van der Waals surface area contributed by atoms with Gasteiger partial charge >= 0.3 is 0 Å². The minimum absolute atomic E-state index is 0.146. The van der Waals surface area contributed by atoms with Crippen LogP contribution in [0.1, 0.15) is 18.1 Å². The van der Waals surface area contributed by atoms with E-state index in [4.69, 9.17) is 25.8 Å². The molecule has 4 rings (SSSR count). The van der Waals surface area contributed by atoms with Gasteiger partial charge in [-0.3, -0.25) is 4.79 Å². The summed E-state index contributed by atoms with van der Waals surface area (Å²) in [6.07, 6.45) is 1.54. The van der Waals surface area contributed by atoms with Crippen molar-refractivity contribution in [2.24, 2.45) is 5.10 Å². The lowest BCUT2D eigenvalue weighted by molar-refractivity contribution is -0.123. The third kappa shape index (κ3) is 6.74. The molecule has 0 fully saturated rings. The van der Waals surface area contributed by atoms with Crippen LogP contribution in [0.25, 0.3) is 10.8 Å². The van der Waals surface area contributed by atoms with Gasteiger partial charge in [0.15, 0.2) is 18.1 Å². The second kappa shape index (κ2) is 11.9. The van der Waals surface area contributed by atoms with Crippen molar-refractivity contribution in [1.82, 2.24) is 5.43 Å². The number of hydrogen-bond acceptors (Lipinski definition) is 5. The number of halogens is 1. The van der Waals surface area contributed by atoms with Gasteiger partial charge in [0.1, 0.15) is 12.4 Å². The average Bonchev–Trinajstić information content (AvgIpc) is 2.88. The average molecular weight is 489 g/mol. The standard InChI is InChI=1S/C28H25ClN2O4/c1-2-33-27-16-21(12-15-26(27)34-18-20-10-13-23(29)14-11-20)17-30-31-28(32)19-35-25-9-5-7-22-6-3-4-8-24(22)25/h3-17H,2,18-19H2,1H3,(H,31,32)/b30-17-. The van der Waals surface area contributed by atoms with Gasteiger partial charge in [0.25, 0.3) is 5.91 Å². The van der Waals surface area contributed by atoms with Crippen molar-refractivity contribution in [2.75, 3.05) is 13.2 Å². The number of carbonyl (C=O) groups is 1. The fraction of sp³-hybridized carbons (Fsp3) is 0.143. The Balaban J connectivity index is 1.33. The summed E-state index contributed by atoms with van der Waals surface area (Å²) in [6.45, 7) is 2.63. The van der Waals surface area contributed by atoms with E-state index < -0.39 is 0 Å². The zero-order valence-corrected chi connectivity index (χ0v) is 20.0. The molecule has 0 aliphatic carbocycles. The van der Waals surface area contributed by atoms with E-state index in [-0.39, 0.29) is 12.5 Å². The van der Waals surface area contributed by atoms with Gasteiger partial charge in [0, 0.05) is 10.4 Å². The summed E-state index contributed by atoms with van der Waals surface area (Å²) < 4.78 is 17.3. The SMILES string of the molecule is CCOc1cc(/C=N\NC(=O)COc2cccc3ccccc23)ccc1OCc1ccc(Cl)cc1. The fourth-order valence-corrected chi connectivity index (χ4v) is 3.54. The third-order valence-corrected chi connectivity index (χ3v) is 5.34. The summed E-state index contributed by atoms with van der Waals surface area (Å²) in [6, 6.07) is 26.5. The highest BCUT2D eigenvalue weighted by Crippen LogP contribution is 2.29. The lowest BCUT2D eigenvalue weighted by atomic mass is 10.1. The first-order chi connectivity index (χ1) is 17.1. The summed E-state index contributed by atoms with van der Waals surface area (Å²) in [5.41, 5.74) is 4.24. The topological polar surface area (TPSA) is 69.2 Å². The highest BCUT2D eigenvalue weighted by atomic mass is 35.5. The van der Waals surface area contributed by atoms with Gasteiger partial charge in [0.05, 0.1) is 12.8 Å². The van der Waals surface area contributed by atoms with E-state index in [9.17, 15) is 4.79 Å². The van der Waals surface area contributed by atoms with Gasteiger partial charge in [0.2, 0.25) is 0 Å². The van der Waals surface area contributed by atoms with Crippen LogP contribution in [-0.2, 0) is 11.4 Å². The molecule has 0 bridgehead atoms. The molecule has 178 valence electrons. The molecule has 0 atom stereocenters. The van der Waals surface area contributed by atoms with E-state index in [1.807, 2.05) is 91.9 Å². The molecular weight excluding hydrogens is 464 g/mol. The Hall–Kier alpha value is -4.03. The molecule has 0 aromatic heterocycles. The number of benzene rings is 4. The third-order valence-electron chi connectivity index (χ3n) is 5.09. The van der Waals surface area contributed by atoms with Crippen LogP contribution in [0.3, 0.4) is 0 Å². The number of rotatable bonds is 10. The quantitative estimate of drug-likeness (QED) is 0.219. The van der Waals surface area contributed by atoms with Gasteiger partial charge in [-0.05, 0) is 59.8 Å². The maximum atomic E-state index is 12.2. The predicted molar refractivity (Wildman–Crippen MR) is 139 cm³/mol. The van der Waals surface area contributed by atoms with Crippen molar-refractivity contribution in [2.45, 2.75) is 13.5 Å². The van der Waals surface area contributed by atoms with Gasteiger partial charge in [-0.2, -0.15) is 5.10 Å². The zero-order valence-electron chi connectivity index (χ0n) is 19.2. The Kier molecular flexibility index (Phi) is 8.20. The van der Waals surface area contributed by atoms with E-state index in [0.717, 1.165) is 21.9 Å². The van der Waals surface area contributed by atoms with Crippen molar-refractivity contribution in [3.8, 4) is 17.2 Å². The summed E-state index contributed by atoms with van der Waals surface area (Å²) in [4.78, 5) is 12.2. The summed E-state index contributed by atoms with van der Waals surface area (Å²) >= 11 is 5.93. The van der Waals surface area contributed by atoms with Crippen LogP contribution < -0.4 is 19.6 Å². The first kappa shape index (κ1) is 24.1. The summed E-state index contributed by atoms with van der Waals surface area (Å²) in [5, 5.41) is 6.72. The molecule has 35 heavy (non-hydrogen) atoms. The Morgan fingerprint density at radius 2 is 1.69 bits per heavy atom. The number of nitrogens with zero attached hydrogens (tertiary/aromatic N) is 1. The van der Waals surface area contributed by atoms with Crippen LogP contribution in [0.5, 0.6) is 17.2 Å². The number of fused-ring (bicyclic) bond motifs is 1. The second-order valence-electron chi connectivity index (χ2n) is 7.61. The summed E-state index contributed by atoms with van der Waals surface area (Å²) in [5.74, 6) is 1.50. The van der Waals surface area contributed by atoms with Crippen molar-refractivity contribution in [1.29, 1.82) is 0 Å². The number of amides is 1. The molecule has 4 aromatic carbocycles. The predicted octanol–water partition coefficient (Wildman–Crippen LogP) is 6.00. The summed E-state index contributed by atoms with van der Waals surface area (Å²) in [7, 11) is 0. The monoisotopic (exact) mass is 488 g/mol. The van der Waals surface area contributed by atoms with Crippen LogP contribution >= 0.6 is 11.6 Å². The van der Waals surface area contributed by atoms with Crippen LogP contribution in [0.2, 0.25) is 5.02 Å². The van der Waals surface area contributed by atoms with Crippen LogP contribution in [0.4, 0.5) is 0 Å². The van der Waals surface area contributed by atoms with Crippen molar-refractivity contribution >= 4 is 34.5 Å². The van der Waals surface area contributed by atoms with Crippen molar-refractivity contribution in [3.63, 3.8) is 0 Å². The number of hydrogen-bond donors (Lipinski definition) is 1. The van der Waals surface area contributed by atoms with E-state index in [1.165, 1.54) is 0 Å². The molecule has 0 spiro atoms. The molecule has 1 amide bonds. The van der Waals surface area contributed by atoms with Gasteiger partial charge in [-0.1, -0.05) is 60.1 Å². The molecule has 0 saturated carbocycles. The molecule has 0 unspecified atom stereocenters. The van der Waals surface area contributed by atoms with E-state index in [2.05, 4.69) is 10.5 Å². The first-order valence-corrected chi connectivity index (χ1v) is 11.6. The maximum Gasteiger partial charge on any atom is 0.277 e. The Morgan fingerprint density at radius 1 is 0.886 bits per heavy atom. The number of ether oxygens (including phenoxy) is 3. The number of nitrogens with one attached hydrogen (secondary N) is 1. The smallest absolute Gasteiger partial charge is 0.277 e. The number of carbonyl (C=O) groups excluding carboxylic acids is 1. The Bertz CT molecular complexity index is 1320. The van der Waals surface area contributed by atoms with Crippen molar-refractivity contribution < 1.29 is 19.0 Å². The lowest BCUT2D eigenvalue weighted by Crippen LogP contribution is -2.24. The molecule has 0 saturated heterocycles. The Morgan fingerprint density at radius 3 is 2.51 bits per heavy atom. The van der Waals surface area contributed by atoms with E-state index in [1.54, 1.807) is 6.21 Å². The molecule has 0 aliphatic rings. The van der Waals surface area contributed by atoms with Crippen LogP contribution in [-0.4, -0.2) is 25.3 Å². The molecule has 4 aromatic rings. The highest BCUT2D eigenvalue weighted by molar-refractivity contribution is 6.30. The van der Waals surface area contributed by atoms with Gasteiger partial charge in [-0.15, -0.1) is 0 Å². The van der Waals surface area contributed by atoms with Crippen LogP contribution in [0.15, 0.2) is 90.0 Å². The van der Waals surface area contributed by atoms with Crippen LogP contribution in [0, 0.1) is 0 Å². The molecule has 1 N–H and O–H groups in total. The molecular formula is C28H25ClN2O4. The Labute approximate surface area is 209 Å². The fourth-order valence-electron chi connectivity index (χ4n) is 3.41. The second-order valence-corrected chi connectivity index (χ2v) is 8.05. The molecule has 7 heteroatoms. The largest absolute Gasteiger partial charge is 0.490 e. The molecule has 0 heterocycles. The highest BCUT2D eigenvalue weighted by Gasteiger charge is 2.08. The van der Waals surface area contributed by atoms with Gasteiger partial charge < -0.3 is 14.2 Å². The molecule has 0 aliphatic heterocycles. The number of hydrazone groups is 1. The van der Waals surface area contributed by atoms with Gasteiger partial charge in [-0.25, -0.2) is 5.43 Å². The normalized spacial score (nSPS) is 10.9. The molecule has 6 nitrogen and oxygen atoms in total. The van der Waals surface area contributed by atoms with Crippen molar-refractivity contribution in [3.05, 3.63) is 101 Å². The van der Waals surface area contributed by atoms with E-state index >= 15 is 0 Å². The minimum Gasteiger partial charge on any atom is -0.490 e. The van der Waals surface area contributed by atoms with E-state index in [0.29, 0.717) is 35.5 Å². The minimum atomic E-state index is -0.359. The lowest BCUT2D eigenvalue weighted by Gasteiger charge is -2.12. The first-order valence-electron chi connectivity index (χ1n) is 11.2. The maximum absolute atomic E-state index is 12.2.